The largest absolute Gasteiger partial charge is 0.492 e. The van der Waals surface area contributed by atoms with Gasteiger partial charge in [0, 0.05) is 11.9 Å². The Kier molecular flexibility index (Phi) is 4.14. The van der Waals surface area contributed by atoms with Gasteiger partial charge in [0.2, 0.25) is 0 Å². The predicted molar refractivity (Wildman–Crippen MR) is 73.3 cm³/mol. The van der Waals surface area contributed by atoms with Crippen molar-refractivity contribution in [3.8, 4) is 5.75 Å². The second-order valence-electron chi connectivity index (χ2n) is 4.13. The molecular weight excluding hydrogens is 258 g/mol. The van der Waals surface area contributed by atoms with Crippen LogP contribution >= 0.6 is 0 Å². The molecule has 0 saturated carbocycles. The molecule has 0 spiro atoms. The van der Waals surface area contributed by atoms with Crippen molar-refractivity contribution in [2.75, 3.05) is 12.8 Å². The zero-order valence-corrected chi connectivity index (χ0v) is 11.3. The van der Waals surface area contributed by atoms with E-state index in [1.54, 1.807) is 31.3 Å². The fourth-order valence-electron chi connectivity index (χ4n) is 1.73. The number of ether oxygens (including phenoxy) is 2. The highest BCUT2D eigenvalue weighted by atomic mass is 16.5. The number of rotatable bonds is 4. The number of aromatic nitrogens is 2. The Hall–Kier alpha value is -2.63. The van der Waals surface area contributed by atoms with Crippen molar-refractivity contribution in [2.45, 2.75) is 13.5 Å². The van der Waals surface area contributed by atoms with Crippen LogP contribution in [0.5, 0.6) is 5.75 Å². The van der Waals surface area contributed by atoms with Gasteiger partial charge in [0.25, 0.3) is 0 Å². The summed E-state index contributed by atoms with van der Waals surface area (Å²) in [5.41, 5.74) is 7.49. The number of nitrogens with two attached hydrogens (primary N) is 1. The molecule has 0 saturated heterocycles. The number of carbonyl (C=O) groups excluding carboxylic acids is 1. The first kappa shape index (κ1) is 13.8. The first-order valence-corrected chi connectivity index (χ1v) is 6.00. The highest BCUT2D eigenvalue weighted by Gasteiger charge is 2.19. The minimum absolute atomic E-state index is 0.0678. The van der Waals surface area contributed by atoms with Gasteiger partial charge in [-0.1, -0.05) is 6.07 Å². The van der Waals surface area contributed by atoms with Crippen molar-refractivity contribution in [1.82, 2.24) is 9.97 Å². The summed E-state index contributed by atoms with van der Waals surface area (Å²) in [7, 11) is 1.43. The van der Waals surface area contributed by atoms with Crippen molar-refractivity contribution >= 4 is 11.7 Å². The fourth-order valence-corrected chi connectivity index (χ4v) is 1.73. The molecule has 2 rings (SSSR count). The summed E-state index contributed by atoms with van der Waals surface area (Å²) < 4.78 is 10.3. The van der Waals surface area contributed by atoms with Crippen LogP contribution in [-0.2, 0) is 11.3 Å². The molecule has 0 aliphatic carbocycles. The number of nitrogen functional groups attached to an aromatic ring is 1. The van der Waals surface area contributed by atoms with Gasteiger partial charge in [-0.05, 0) is 25.1 Å². The van der Waals surface area contributed by atoms with E-state index in [9.17, 15) is 4.79 Å². The minimum Gasteiger partial charge on any atom is -0.492 e. The zero-order chi connectivity index (χ0) is 14.5. The van der Waals surface area contributed by atoms with Gasteiger partial charge in [-0.15, -0.1) is 0 Å². The van der Waals surface area contributed by atoms with Crippen LogP contribution in [0.3, 0.4) is 0 Å². The molecule has 104 valence electrons. The van der Waals surface area contributed by atoms with Gasteiger partial charge in [-0.25, -0.2) is 9.78 Å². The van der Waals surface area contributed by atoms with Gasteiger partial charge in [0.15, 0.2) is 11.4 Å². The molecule has 0 bridgehead atoms. The highest BCUT2D eigenvalue weighted by Crippen LogP contribution is 2.26. The Morgan fingerprint density at radius 3 is 2.85 bits per heavy atom. The normalized spacial score (nSPS) is 10.1. The molecule has 6 nitrogen and oxygen atoms in total. The van der Waals surface area contributed by atoms with E-state index in [0.29, 0.717) is 17.1 Å². The van der Waals surface area contributed by atoms with E-state index in [-0.39, 0.29) is 18.1 Å². The third-order valence-corrected chi connectivity index (χ3v) is 2.60. The van der Waals surface area contributed by atoms with Crippen molar-refractivity contribution < 1.29 is 14.3 Å². The molecule has 0 aromatic carbocycles. The summed E-state index contributed by atoms with van der Waals surface area (Å²) in [5.74, 6) is -0.371. The smallest absolute Gasteiger partial charge is 0.361 e. The average Bonchev–Trinajstić information content (AvgIpc) is 2.45. The lowest BCUT2D eigenvalue weighted by Gasteiger charge is -2.11. The van der Waals surface area contributed by atoms with Crippen LogP contribution in [-0.4, -0.2) is 23.0 Å². The molecule has 0 radical (unpaired) electrons. The third kappa shape index (κ3) is 3.03. The lowest BCUT2D eigenvalue weighted by molar-refractivity contribution is 0.0456. The van der Waals surface area contributed by atoms with Gasteiger partial charge in [0.1, 0.15) is 6.61 Å². The van der Waals surface area contributed by atoms with Crippen molar-refractivity contribution in [1.29, 1.82) is 0 Å². The van der Waals surface area contributed by atoms with Crippen LogP contribution in [0.2, 0.25) is 0 Å². The topological polar surface area (TPSA) is 87.3 Å². The van der Waals surface area contributed by atoms with Crippen LogP contribution in [0.25, 0.3) is 0 Å². The molecule has 0 fully saturated rings. The second-order valence-corrected chi connectivity index (χ2v) is 4.13. The number of methoxy groups -OCH3 is 1. The first-order valence-electron chi connectivity index (χ1n) is 6.00. The molecule has 0 atom stereocenters. The number of carbonyl (C=O) groups is 1. The van der Waals surface area contributed by atoms with Crippen LogP contribution in [0.1, 0.15) is 21.9 Å². The molecule has 2 N–H and O–H groups in total. The Morgan fingerprint density at radius 2 is 2.20 bits per heavy atom. The fraction of sp³-hybridized carbons (Fsp3) is 0.214. The van der Waals surface area contributed by atoms with E-state index in [1.807, 2.05) is 6.07 Å². The van der Waals surface area contributed by atoms with E-state index in [0.717, 1.165) is 0 Å². The number of anilines is 1. The highest BCUT2D eigenvalue weighted by molar-refractivity contribution is 5.92. The number of hydrogen-bond acceptors (Lipinski definition) is 6. The van der Waals surface area contributed by atoms with E-state index >= 15 is 0 Å². The maximum absolute atomic E-state index is 12.1. The van der Waals surface area contributed by atoms with Crippen LogP contribution in [0.15, 0.2) is 30.5 Å². The number of pyridine rings is 2. The van der Waals surface area contributed by atoms with E-state index in [4.69, 9.17) is 15.2 Å². The molecule has 0 amide bonds. The van der Waals surface area contributed by atoms with E-state index < -0.39 is 5.97 Å². The molecular formula is C14H15N3O3. The van der Waals surface area contributed by atoms with Gasteiger partial charge in [-0.3, -0.25) is 4.98 Å². The van der Waals surface area contributed by atoms with Crippen molar-refractivity contribution in [3.05, 3.63) is 47.5 Å². The molecule has 0 aliphatic rings. The van der Waals surface area contributed by atoms with Crippen molar-refractivity contribution in [2.24, 2.45) is 0 Å². The SMILES string of the molecule is COc1c(N)cc(C)nc1C(=O)OCc1ccccn1. The summed E-state index contributed by atoms with van der Waals surface area (Å²) in [6.07, 6.45) is 1.63. The standard InChI is InChI=1S/C14H15N3O3/c1-9-7-11(15)13(19-2)12(17-9)14(18)20-8-10-5-3-4-6-16-10/h3-7H,8H2,1-2H3,(H2,15,17). The third-order valence-electron chi connectivity index (χ3n) is 2.60. The van der Waals surface area contributed by atoms with Gasteiger partial charge in [0.05, 0.1) is 18.5 Å². The van der Waals surface area contributed by atoms with Gasteiger partial charge in [-0.2, -0.15) is 0 Å². The Balaban J connectivity index is 2.17. The number of hydrogen-bond donors (Lipinski definition) is 1. The van der Waals surface area contributed by atoms with Gasteiger partial charge < -0.3 is 15.2 Å². The van der Waals surface area contributed by atoms with Crippen molar-refractivity contribution in [3.63, 3.8) is 0 Å². The zero-order valence-electron chi connectivity index (χ0n) is 11.3. The second kappa shape index (κ2) is 6.01. The maximum Gasteiger partial charge on any atom is 0.361 e. The number of nitrogens with zero attached hydrogens (tertiary/aromatic N) is 2. The summed E-state index contributed by atoms with van der Waals surface area (Å²) >= 11 is 0. The molecule has 2 heterocycles. The number of esters is 1. The number of aryl methyl sites for hydroxylation is 1. The summed E-state index contributed by atoms with van der Waals surface area (Å²) in [6.45, 7) is 1.81. The first-order chi connectivity index (χ1) is 9.61. The Morgan fingerprint density at radius 1 is 1.40 bits per heavy atom. The lowest BCUT2D eigenvalue weighted by atomic mass is 10.2. The Labute approximate surface area is 116 Å². The maximum atomic E-state index is 12.1. The van der Waals surface area contributed by atoms with Crippen LogP contribution in [0, 0.1) is 6.92 Å². The molecule has 2 aromatic heterocycles. The van der Waals surface area contributed by atoms with Crippen LogP contribution < -0.4 is 10.5 Å². The molecule has 6 heteroatoms. The molecule has 0 unspecified atom stereocenters. The minimum atomic E-state index is -0.595. The summed E-state index contributed by atoms with van der Waals surface area (Å²) in [4.78, 5) is 20.2. The predicted octanol–water partition coefficient (Wildman–Crippen LogP) is 1.73. The average molecular weight is 273 g/mol. The molecule has 0 aliphatic heterocycles. The summed E-state index contributed by atoms with van der Waals surface area (Å²) in [6, 6.07) is 7.01. The van der Waals surface area contributed by atoms with E-state index in [1.165, 1.54) is 7.11 Å². The molecule has 20 heavy (non-hydrogen) atoms. The quantitative estimate of drug-likeness (QED) is 0.854. The lowest BCUT2D eigenvalue weighted by Crippen LogP contribution is -2.12. The molecule has 2 aromatic rings. The van der Waals surface area contributed by atoms with Gasteiger partial charge >= 0.3 is 5.97 Å². The van der Waals surface area contributed by atoms with E-state index in [2.05, 4.69) is 9.97 Å². The Bertz CT molecular complexity index is 615. The summed E-state index contributed by atoms with van der Waals surface area (Å²) in [5, 5.41) is 0. The monoisotopic (exact) mass is 273 g/mol. The van der Waals surface area contributed by atoms with Crippen LogP contribution in [0.4, 0.5) is 5.69 Å².